The molecule has 0 aliphatic carbocycles. The van der Waals surface area contributed by atoms with Gasteiger partial charge in [0.05, 0.1) is 12.7 Å². The second-order valence-electron chi connectivity index (χ2n) is 2.47. The second-order valence-corrected chi connectivity index (χ2v) is 4.62. The fourth-order valence-electron chi connectivity index (χ4n) is 0.699. The zero-order chi connectivity index (χ0) is 8.32. The minimum absolute atomic E-state index is 0.117. The predicted octanol–water partition coefficient (Wildman–Crippen LogP) is 1.70. The third-order valence-electron chi connectivity index (χ3n) is 1.22. The van der Waals surface area contributed by atoms with Crippen molar-refractivity contribution in [3.05, 3.63) is 23.8 Å². The van der Waals surface area contributed by atoms with Gasteiger partial charge in [0.1, 0.15) is 0 Å². The molecule has 62 valence electrons. The van der Waals surface area contributed by atoms with Crippen LogP contribution in [0.1, 0.15) is 6.92 Å². The van der Waals surface area contributed by atoms with Crippen LogP contribution in [0.2, 0.25) is 0 Å². The van der Waals surface area contributed by atoms with Crippen molar-refractivity contribution in [2.45, 2.75) is 13.0 Å². The van der Waals surface area contributed by atoms with E-state index in [1.807, 2.05) is 0 Å². The molecule has 0 aromatic carbocycles. The maximum atomic E-state index is 11.4. The molecule has 0 spiro atoms. The molecule has 0 saturated carbocycles. The first-order chi connectivity index (χ1) is 5.12. The molecule has 3 nitrogen and oxygen atoms in total. The van der Waals surface area contributed by atoms with Crippen molar-refractivity contribution in [2.75, 3.05) is 6.61 Å². The Morgan fingerprint density at radius 1 is 1.55 bits per heavy atom. The molecule has 1 rings (SSSR count). The van der Waals surface area contributed by atoms with Crippen molar-refractivity contribution in [3.8, 4) is 0 Å². The Kier molecular flexibility index (Phi) is 2.66. The highest BCUT2D eigenvalue weighted by Crippen LogP contribution is 2.52. The maximum Gasteiger partial charge on any atom is 0.247 e. The smallest absolute Gasteiger partial charge is 0.247 e. The first-order valence-electron chi connectivity index (χ1n) is 3.41. The SMILES string of the molecule is CC(O)COP1(=O)C=CC=C1. The summed E-state index contributed by atoms with van der Waals surface area (Å²) in [6.45, 7) is 1.71. The van der Waals surface area contributed by atoms with E-state index in [0.717, 1.165) is 0 Å². The van der Waals surface area contributed by atoms with E-state index in [1.165, 1.54) is 11.6 Å². The monoisotopic (exact) mass is 174 g/mol. The summed E-state index contributed by atoms with van der Waals surface area (Å²) in [5.74, 6) is 3.05. The zero-order valence-electron chi connectivity index (χ0n) is 6.30. The van der Waals surface area contributed by atoms with Crippen molar-refractivity contribution in [1.82, 2.24) is 0 Å². The standard InChI is InChI=1S/C7H11O3P/c1-7(8)6-10-11(9)4-2-3-5-11/h2-5,7-8H,6H2,1H3. The lowest BCUT2D eigenvalue weighted by atomic mass is 10.5. The summed E-state index contributed by atoms with van der Waals surface area (Å²) < 4.78 is 16.4. The van der Waals surface area contributed by atoms with E-state index in [2.05, 4.69) is 0 Å². The molecule has 0 saturated heterocycles. The first-order valence-corrected chi connectivity index (χ1v) is 5.18. The van der Waals surface area contributed by atoms with E-state index in [-0.39, 0.29) is 6.61 Å². The molecule has 0 radical (unpaired) electrons. The van der Waals surface area contributed by atoms with E-state index < -0.39 is 13.5 Å². The number of allylic oxidation sites excluding steroid dienone is 2. The minimum atomic E-state index is -2.65. The fraction of sp³-hybridized carbons (Fsp3) is 0.429. The summed E-state index contributed by atoms with van der Waals surface area (Å²) in [5, 5.41) is 8.83. The third kappa shape index (κ3) is 2.62. The molecule has 0 aromatic rings. The zero-order valence-corrected chi connectivity index (χ0v) is 7.20. The van der Waals surface area contributed by atoms with E-state index in [9.17, 15) is 4.57 Å². The van der Waals surface area contributed by atoms with Crippen molar-refractivity contribution < 1.29 is 14.2 Å². The Balaban J connectivity index is 2.43. The number of aliphatic hydroxyl groups is 1. The number of aliphatic hydroxyl groups excluding tert-OH is 1. The van der Waals surface area contributed by atoms with Crippen LogP contribution in [0.5, 0.6) is 0 Å². The van der Waals surface area contributed by atoms with Gasteiger partial charge < -0.3 is 9.63 Å². The van der Waals surface area contributed by atoms with Crippen LogP contribution in [0.3, 0.4) is 0 Å². The van der Waals surface area contributed by atoms with Gasteiger partial charge in [0, 0.05) is 11.6 Å². The van der Waals surface area contributed by atoms with Gasteiger partial charge in [-0.1, -0.05) is 12.2 Å². The van der Waals surface area contributed by atoms with E-state index in [4.69, 9.17) is 9.63 Å². The van der Waals surface area contributed by atoms with Gasteiger partial charge in [-0.05, 0) is 6.92 Å². The van der Waals surface area contributed by atoms with Crippen molar-refractivity contribution in [2.24, 2.45) is 0 Å². The summed E-state index contributed by atoms with van der Waals surface area (Å²) in [6, 6.07) is 0. The van der Waals surface area contributed by atoms with Crippen molar-refractivity contribution >= 4 is 7.37 Å². The predicted molar refractivity (Wildman–Crippen MR) is 43.5 cm³/mol. The maximum absolute atomic E-state index is 11.4. The Labute approximate surface area is 65.8 Å². The molecule has 0 bridgehead atoms. The molecule has 1 aliphatic rings. The number of hydrogen-bond acceptors (Lipinski definition) is 3. The number of hydrogen-bond donors (Lipinski definition) is 1. The fourth-order valence-corrected chi connectivity index (χ4v) is 2.10. The highest BCUT2D eigenvalue weighted by Gasteiger charge is 2.18. The van der Waals surface area contributed by atoms with Gasteiger partial charge in [0.15, 0.2) is 0 Å². The molecule has 0 aromatic heterocycles. The Bertz CT molecular complexity index is 214. The van der Waals surface area contributed by atoms with Crippen molar-refractivity contribution in [1.29, 1.82) is 0 Å². The quantitative estimate of drug-likeness (QED) is 0.662. The van der Waals surface area contributed by atoms with Gasteiger partial charge >= 0.3 is 0 Å². The molecule has 1 unspecified atom stereocenters. The molecule has 4 heteroatoms. The van der Waals surface area contributed by atoms with Crippen LogP contribution in [0.15, 0.2) is 23.8 Å². The summed E-state index contributed by atoms with van der Waals surface area (Å²) in [7, 11) is -2.65. The molecule has 1 aliphatic heterocycles. The molecule has 0 amide bonds. The molecule has 1 heterocycles. The molecule has 11 heavy (non-hydrogen) atoms. The number of rotatable bonds is 3. The van der Waals surface area contributed by atoms with Crippen LogP contribution in [-0.4, -0.2) is 17.8 Å². The third-order valence-corrected chi connectivity index (χ3v) is 2.94. The van der Waals surface area contributed by atoms with E-state index >= 15 is 0 Å². The van der Waals surface area contributed by atoms with Gasteiger partial charge in [-0.15, -0.1) is 0 Å². The molecular weight excluding hydrogens is 163 g/mol. The summed E-state index contributed by atoms with van der Waals surface area (Å²) in [6.07, 6.45) is 2.80. The molecular formula is C7H11O3P. The molecule has 1 N–H and O–H groups in total. The lowest BCUT2D eigenvalue weighted by Crippen LogP contribution is -2.07. The Morgan fingerprint density at radius 2 is 2.09 bits per heavy atom. The van der Waals surface area contributed by atoms with Gasteiger partial charge in [-0.3, -0.25) is 4.57 Å². The average Bonchev–Trinajstić information content (AvgIpc) is 2.33. The lowest BCUT2D eigenvalue weighted by Gasteiger charge is -2.09. The van der Waals surface area contributed by atoms with Crippen LogP contribution in [0.25, 0.3) is 0 Å². The first kappa shape index (κ1) is 8.72. The van der Waals surface area contributed by atoms with Gasteiger partial charge in [0.25, 0.3) is 0 Å². The highest BCUT2D eigenvalue weighted by molar-refractivity contribution is 7.65. The van der Waals surface area contributed by atoms with Gasteiger partial charge in [0.2, 0.25) is 7.37 Å². The average molecular weight is 174 g/mol. The van der Waals surface area contributed by atoms with Crippen molar-refractivity contribution in [3.63, 3.8) is 0 Å². The normalized spacial score (nSPS) is 22.4. The van der Waals surface area contributed by atoms with Crippen LogP contribution >= 0.6 is 7.37 Å². The van der Waals surface area contributed by atoms with Gasteiger partial charge in [-0.25, -0.2) is 0 Å². The minimum Gasteiger partial charge on any atom is -0.391 e. The van der Waals surface area contributed by atoms with Crippen LogP contribution in [0, 0.1) is 0 Å². The summed E-state index contributed by atoms with van der Waals surface area (Å²) >= 11 is 0. The van der Waals surface area contributed by atoms with E-state index in [1.54, 1.807) is 19.1 Å². The summed E-state index contributed by atoms with van der Waals surface area (Å²) in [5.41, 5.74) is 0. The second kappa shape index (κ2) is 3.35. The largest absolute Gasteiger partial charge is 0.391 e. The van der Waals surface area contributed by atoms with Crippen LogP contribution in [-0.2, 0) is 9.09 Å². The Morgan fingerprint density at radius 3 is 2.55 bits per heavy atom. The summed E-state index contributed by atoms with van der Waals surface area (Å²) in [4.78, 5) is 0. The van der Waals surface area contributed by atoms with Crippen LogP contribution < -0.4 is 0 Å². The lowest BCUT2D eigenvalue weighted by molar-refractivity contribution is 0.126. The topological polar surface area (TPSA) is 46.5 Å². The molecule has 1 atom stereocenters. The van der Waals surface area contributed by atoms with Gasteiger partial charge in [-0.2, -0.15) is 0 Å². The molecule has 0 fully saturated rings. The highest BCUT2D eigenvalue weighted by atomic mass is 31.2. The van der Waals surface area contributed by atoms with E-state index in [0.29, 0.717) is 0 Å². The Hall–Kier alpha value is -0.370. The van der Waals surface area contributed by atoms with Crippen LogP contribution in [0.4, 0.5) is 0 Å².